The van der Waals surface area contributed by atoms with Gasteiger partial charge in [-0.25, -0.2) is 4.79 Å². The molecule has 0 fully saturated rings. The summed E-state index contributed by atoms with van der Waals surface area (Å²) in [5.41, 5.74) is 2.36. The van der Waals surface area contributed by atoms with Gasteiger partial charge in [0.2, 0.25) is 0 Å². The molecule has 3 rings (SSSR count). The topological polar surface area (TPSA) is 68.4 Å². The average Bonchev–Trinajstić information content (AvgIpc) is 3.06. The molecule has 0 saturated heterocycles. The lowest BCUT2D eigenvalue weighted by Gasteiger charge is -2.08. The van der Waals surface area contributed by atoms with E-state index in [9.17, 15) is 9.59 Å². The van der Waals surface area contributed by atoms with Crippen LogP contribution < -0.4 is 4.74 Å². The third kappa shape index (κ3) is 3.15. The summed E-state index contributed by atoms with van der Waals surface area (Å²) in [6.07, 6.45) is 0.745. The lowest BCUT2D eigenvalue weighted by Crippen LogP contribution is -2.04. The van der Waals surface area contributed by atoms with Gasteiger partial charge in [0.25, 0.3) is 0 Å². The van der Waals surface area contributed by atoms with Crippen LogP contribution >= 0.6 is 0 Å². The molecule has 1 heterocycles. The number of carbonyl (C=O) groups excluding carboxylic acids is 2. The third-order valence-corrected chi connectivity index (χ3v) is 3.65. The summed E-state index contributed by atoms with van der Waals surface area (Å²) in [7, 11) is 0. The number of aromatic nitrogens is 1. The van der Waals surface area contributed by atoms with Gasteiger partial charge in [-0.1, -0.05) is 30.3 Å². The van der Waals surface area contributed by atoms with Crippen molar-refractivity contribution in [2.24, 2.45) is 0 Å². The fraction of sp³-hybridized carbons (Fsp3) is 0.158. The van der Waals surface area contributed by atoms with Gasteiger partial charge >= 0.3 is 5.97 Å². The van der Waals surface area contributed by atoms with Crippen LogP contribution in [0.25, 0.3) is 10.9 Å². The van der Waals surface area contributed by atoms with Crippen molar-refractivity contribution >= 4 is 23.2 Å². The van der Waals surface area contributed by atoms with Gasteiger partial charge in [-0.2, -0.15) is 0 Å². The monoisotopic (exact) mass is 323 g/mol. The predicted molar refractivity (Wildman–Crippen MR) is 90.4 cm³/mol. The van der Waals surface area contributed by atoms with Crippen molar-refractivity contribution in [1.29, 1.82) is 0 Å². The molecular weight excluding hydrogens is 306 g/mol. The maximum Gasteiger partial charge on any atom is 0.354 e. The van der Waals surface area contributed by atoms with Crippen LogP contribution in [-0.2, 0) is 11.3 Å². The molecule has 0 aliphatic carbocycles. The largest absolute Gasteiger partial charge is 0.488 e. The molecule has 0 aliphatic heterocycles. The van der Waals surface area contributed by atoms with Gasteiger partial charge in [0.15, 0.2) is 6.29 Å². The Hall–Kier alpha value is -3.08. The number of fused-ring (bicyclic) bond motifs is 1. The Morgan fingerprint density at radius 3 is 2.67 bits per heavy atom. The molecule has 0 unspecified atom stereocenters. The number of rotatable bonds is 6. The number of H-pyrrole nitrogens is 1. The van der Waals surface area contributed by atoms with Crippen molar-refractivity contribution in [2.45, 2.75) is 13.5 Å². The number of aldehydes is 1. The second kappa shape index (κ2) is 7.00. The summed E-state index contributed by atoms with van der Waals surface area (Å²) >= 11 is 0. The van der Waals surface area contributed by atoms with Gasteiger partial charge < -0.3 is 14.5 Å². The van der Waals surface area contributed by atoms with E-state index < -0.39 is 5.97 Å². The first kappa shape index (κ1) is 15.8. The van der Waals surface area contributed by atoms with Gasteiger partial charge in [0.1, 0.15) is 18.1 Å². The summed E-state index contributed by atoms with van der Waals surface area (Å²) in [6, 6.07) is 14.8. The third-order valence-electron chi connectivity index (χ3n) is 3.65. The molecule has 3 aromatic rings. The van der Waals surface area contributed by atoms with E-state index in [0.29, 0.717) is 34.5 Å². The predicted octanol–water partition coefficient (Wildman–Crippen LogP) is 3.74. The lowest BCUT2D eigenvalue weighted by atomic mass is 10.1. The van der Waals surface area contributed by atoms with Crippen LogP contribution in [0.15, 0.2) is 48.5 Å². The molecule has 24 heavy (non-hydrogen) atoms. The number of esters is 1. The first-order chi connectivity index (χ1) is 11.7. The van der Waals surface area contributed by atoms with Crippen molar-refractivity contribution in [3.8, 4) is 5.75 Å². The molecule has 0 aliphatic rings. The van der Waals surface area contributed by atoms with Crippen LogP contribution in [0.3, 0.4) is 0 Å². The van der Waals surface area contributed by atoms with Gasteiger partial charge in [-0.05, 0) is 30.7 Å². The summed E-state index contributed by atoms with van der Waals surface area (Å²) in [6.45, 7) is 2.42. The van der Waals surface area contributed by atoms with E-state index in [1.165, 1.54) is 0 Å². The summed E-state index contributed by atoms with van der Waals surface area (Å²) in [5, 5.41) is 0.679. The van der Waals surface area contributed by atoms with E-state index in [-0.39, 0.29) is 6.61 Å². The Kier molecular flexibility index (Phi) is 4.61. The zero-order chi connectivity index (χ0) is 16.9. The molecule has 0 amide bonds. The van der Waals surface area contributed by atoms with Crippen LogP contribution in [0.5, 0.6) is 5.75 Å². The van der Waals surface area contributed by atoms with Crippen LogP contribution in [0.2, 0.25) is 0 Å². The van der Waals surface area contributed by atoms with Gasteiger partial charge in [0, 0.05) is 10.9 Å². The number of hydrogen-bond acceptors (Lipinski definition) is 4. The first-order valence-corrected chi connectivity index (χ1v) is 7.67. The van der Waals surface area contributed by atoms with Crippen molar-refractivity contribution in [2.75, 3.05) is 6.61 Å². The highest BCUT2D eigenvalue weighted by Gasteiger charge is 2.15. The highest BCUT2D eigenvalue weighted by Crippen LogP contribution is 2.29. The molecule has 0 bridgehead atoms. The maximum atomic E-state index is 11.9. The zero-order valence-electron chi connectivity index (χ0n) is 13.2. The van der Waals surface area contributed by atoms with E-state index in [2.05, 4.69) is 4.98 Å². The quantitative estimate of drug-likeness (QED) is 0.554. The Morgan fingerprint density at radius 2 is 1.96 bits per heavy atom. The smallest absolute Gasteiger partial charge is 0.354 e. The minimum Gasteiger partial charge on any atom is -0.488 e. The number of carbonyl (C=O) groups is 2. The standard InChI is InChI=1S/C19H17NO4/c1-2-23-19(22)16-10-15-17(9-8-14(11-21)18(15)20-16)24-12-13-6-4-3-5-7-13/h3-11,20H,2,12H2,1H3. The Morgan fingerprint density at radius 1 is 1.17 bits per heavy atom. The molecule has 1 N–H and O–H groups in total. The number of nitrogens with one attached hydrogen (secondary N) is 1. The van der Waals surface area contributed by atoms with Gasteiger partial charge in [-0.3, -0.25) is 4.79 Å². The second-order valence-electron chi connectivity index (χ2n) is 5.24. The van der Waals surface area contributed by atoms with Crippen molar-refractivity contribution in [1.82, 2.24) is 4.98 Å². The first-order valence-electron chi connectivity index (χ1n) is 7.67. The molecule has 5 nitrogen and oxygen atoms in total. The van der Waals surface area contributed by atoms with Crippen molar-refractivity contribution in [3.63, 3.8) is 0 Å². The summed E-state index contributed by atoms with van der Waals surface area (Å²) in [5.74, 6) is 0.144. The van der Waals surface area contributed by atoms with E-state index in [1.807, 2.05) is 30.3 Å². The van der Waals surface area contributed by atoms with Crippen LogP contribution in [0.4, 0.5) is 0 Å². The molecule has 5 heteroatoms. The molecule has 0 saturated carbocycles. The van der Waals surface area contributed by atoms with E-state index in [4.69, 9.17) is 9.47 Å². The number of benzene rings is 2. The van der Waals surface area contributed by atoms with E-state index >= 15 is 0 Å². The number of ether oxygens (including phenoxy) is 2. The second-order valence-corrected chi connectivity index (χ2v) is 5.24. The van der Waals surface area contributed by atoms with Gasteiger partial charge in [-0.15, -0.1) is 0 Å². The SMILES string of the molecule is CCOC(=O)c1cc2c(OCc3ccccc3)ccc(C=O)c2[nH]1. The number of hydrogen-bond donors (Lipinski definition) is 1. The number of aromatic amines is 1. The van der Waals surface area contributed by atoms with Crippen LogP contribution in [-0.4, -0.2) is 23.8 Å². The van der Waals surface area contributed by atoms with Gasteiger partial charge in [0.05, 0.1) is 12.1 Å². The highest BCUT2D eigenvalue weighted by molar-refractivity contribution is 6.03. The highest BCUT2D eigenvalue weighted by atomic mass is 16.5. The molecule has 122 valence electrons. The van der Waals surface area contributed by atoms with E-state index in [1.54, 1.807) is 25.1 Å². The van der Waals surface area contributed by atoms with E-state index in [0.717, 1.165) is 11.8 Å². The fourth-order valence-corrected chi connectivity index (χ4v) is 2.49. The molecule has 0 spiro atoms. The molecule has 2 aromatic carbocycles. The average molecular weight is 323 g/mol. The fourth-order valence-electron chi connectivity index (χ4n) is 2.49. The minimum atomic E-state index is -0.459. The molecule has 1 aromatic heterocycles. The maximum absolute atomic E-state index is 11.9. The zero-order valence-corrected chi connectivity index (χ0v) is 13.2. The molecule has 0 radical (unpaired) electrons. The van der Waals surface area contributed by atoms with Crippen molar-refractivity contribution in [3.05, 3.63) is 65.4 Å². The summed E-state index contributed by atoms with van der Waals surface area (Å²) < 4.78 is 10.9. The Bertz CT molecular complexity index is 868. The van der Waals surface area contributed by atoms with Crippen molar-refractivity contribution < 1.29 is 19.1 Å². The minimum absolute atomic E-state index is 0.284. The Labute approximate surface area is 139 Å². The molecular formula is C19H17NO4. The summed E-state index contributed by atoms with van der Waals surface area (Å²) in [4.78, 5) is 26.1. The Balaban J connectivity index is 1.95. The lowest BCUT2D eigenvalue weighted by molar-refractivity contribution is 0.0520. The molecule has 0 atom stereocenters. The van der Waals surface area contributed by atoms with Crippen LogP contribution in [0, 0.1) is 0 Å². The normalized spacial score (nSPS) is 10.5. The van der Waals surface area contributed by atoms with Crippen LogP contribution in [0.1, 0.15) is 33.3 Å².